The molecular weight excluding hydrogens is 409 g/mol. The number of hydrogen-bond donors (Lipinski definition) is 3. The van der Waals surface area contributed by atoms with Crippen LogP contribution in [0.4, 0.5) is 21.7 Å². The highest BCUT2D eigenvalue weighted by Gasteiger charge is 2.15. The van der Waals surface area contributed by atoms with Gasteiger partial charge in [0, 0.05) is 25.0 Å². The van der Waals surface area contributed by atoms with E-state index in [1.54, 1.807) is 42.3 Å². The van der Waals surface area contributed by atoms with E-state index in [0.29, 0.717) is 33.2 Å². The van der Waals surface area contributed by atoms with Crippen molar-refractivity contribution in [1.82, 2.24) is 34.9 Å². The van der Waals surface area contributed by atoms with Crippen molar-refractivity contribution in [2.75, 3.05) is 10.6 Å². The van der Waals surface area contributed by atoms with E-state index in [1.165, 1.54) is 30.2 Å². The standard InChI is InChI=1S/C18H16FN9OS/c1-28-7-6-14(27-28)25-15(29)8-13-17(23-12-4-2-11(19)3-5-12)20-9-16(24-13)30-18-21-10-22-26-18/h2-7,9-10H,8H2,1H3,(H,20,23)(H,21,22,26)(H,25,27,29). The minimum atomic E-state index is -0.347. The van der Waals surface area contributed by atoms with E-state index in [1.807, 2.05) is 0 Å². The van der Waals surface area contributed by atoms with Crippen LogP contribution in [0.2, 0.25) is 0 Å². The van der Waals surface area contributed by atoms with Gasteiger partial charge in [0.05, 0.1) is 18.3 Å². The maximum Gasteiger partial charge on any atom is 0.231 e. The molecule has 152 valence electrons. The second kappa shape index (κ2) is 8.69. The van der Waals surface area contributed by atoms with Crippen LogP contribution in [-0.2, 0) is 18.3 Å². The van der Waals surface area contributed by atoms with Crippen LogP contribution in [-0.4, -0.2) is 40.8 Å². The molecule has 3 N–H and O–H groups in total. The number of halogens is 1. The van der Waals surface area contributed by atoms with Gasteiger partial charge in [-0.2, -0.15) is 10.2 Å². The Balaban J connectivity index is 1.57. The second-order valence-corrected chi connectivity index (χ2v) is 7.14. The Bertz CT molecular complexity index is 1140. The normalized spacial score (nSPS) is 10.7. The molecule has 10 nitrogen and oxygen atoms in total. The smallest absolute Gasteiger partial charge is 0.231 e. The van der Waals surface area contributed by atoms with E-state index in [4.69, 9.17) is 0 Å². The van der Waals surface area contributed by atoms with Gasteiger partial charge in [0.2, 0.25) is 5.91 Å². The fourth-order valence-corrected chi connectivity index (χ4v) is 3.18. The number of H-pyrrole nitrogens is 1. The number of anilines is 3. The molecule has 0 unspecified atom stereocenters. The Labute approximate surface area is 174 Å². The number of carbonyl (C=O) groups excluding carboxylic acids is 1. The zero-order chi connectivity index (χ0) is 20.9. The molecule has 0 aliphatic rings. The van der Waals surface area contributed by atoms with Gasteiger partial charge in [0.25, 0.3) is 0 Å². The third-order valence-corrected chi connectivity index (χ3v) is 4.63. The summed E-state index contributed by atoms with van der Waals surface area (Å²) in [6, 6.07) is 7.50. The lowest BCUT2D eigenvalue weighted by Crippen LogP contribution is -2.17. The van der Waals surface area contributed by atoms with E-state index in [9.17, 15) is 9.18 Å². The first-order valence-corrected chi connectivity index (χ1v) is 9.58. The topological polar surface area (TPSA) is 126 Å². The highest BCUT2D eigenvalue weighted by atomic mass is 32.2. The number of hydrogen-bond acceptors (Lipinski definition) is 8. The van der Waals surface area contributed by atoms with E-state index >= 15 is 0 Å². The molecule has 0 aliphatic carbocycles. The van der Waals surface area contributed by atoms with Crippen LogP contribution in [0.25, 0.3) is 0 Å². The molecule has 0 radical (unpaired) electrons. The average molecular weight is 425 g/mol. The van der Waals surface area contributed by atoms with Crippen LogP contribution in [0.5, 0.6) is 0 Å². The lowest BCUT2D eigenvalue weighted by molar-refractivity contribution is -0.115. The van der Waals surface area contributed by atoms with E-state index in [0.717, 1.165) is 0 Å². The lowest BCUT2D eigenvalue weighted by atomic mass is 10.2. The van der Waals surface area contributed by atoms with Crippen molar-refractivity contribution < 1.29 is 9.18 Å². The summed E-state index contributed by atoms with van der Waals surface area (Å²) in [7, 11) is 1.76. The quantitative estimate of drug-likeness (QED) is 0.412. The van der Waals surface area contributed by atoms with Gasteiger partial charge in [0.15, 0.2) is 16.8 Å². The van der Waals surface area contributed by atoms with Crippen molar-refractivity contribution in [1.29, 1.82) is 0 Å². The molecular formula is C18H16FN9OS. The van der Waals surface area contributed by atoms with E-state index in [2.05, 4.69) is 40.9 Å². The molecule has 4 aromatic rings. The van der Waals surface area contributed by atoms with Gasteiger partial charge in [-0.3, -0.25) is 14.6 Å². The zero-order valence-corrected chi connectivity index (χ0v) is 16.5. The minimum Gasteiger partial charge on any atom is -0.339 e. The highest BCUT2D eigenvalue weighted by molar-refractivity contribution is 7.99. The highest BCUT2D eigenvalue weighted by Crippen LogP contribution is 2.25. The summed E-state index contributed by atoms with van der Waals surface area (Å²) in [5.74, 6) is 0.183. The molecule has 3 aromatic heterocycles. The van der Waals surface area contributed by atoms with Crippen LogP contribution in [0.1, 0.15) is 5.69 Å². The SMILES string of the molecule is Cn1ccc(NC(=O)Cc2nc(Sc3ncn[nH]3)cnc2Nc2ccc(F)cc2)n1. The summed E-state index contributed by atoms with van der Waals surface area (Å²) in [6.07, 6.45) is 4.63. The Kier molecular flexibility index (Phi) is 5.66. The van der Waals surface area contributed by atoms with Gasteiger partial charge in [-0.05, 0) is 36.0 Å². The summed E-state index contributed by atoms with van der Waals surface area (Å²) in [4.78, 5) is 25.5. The summed E-state index contributed by atoms with van der Waals surface area (Å²) in [5.41, 5.74) is 1.03. The predicted octanol–water partition coefficient (Wildman–Crippen LogP) is 2.54. The van der Waals surface area contributed by atoms with Crippen LogP contribution < -0.4 is 10.6 Å². The van der Waals surface area contributed by atoms with Crippen molar-refractivity contribution in [3.05, 3.63) is 60.6 Å². The van der Waals surface area contributed by atoms with Crippen molar-refractivity contribution in [3.63, 3.8) is 0 Å². The summed E-state index contributed by atoms with van der Waals surface area (Å²) in [6.45, 7) is 0. The van der Waals surface area contributed by atoms with E-state index < -0.39 is 0 Å². The number of aryl methyl sites for hydroxylation is 1. The maximum absolute atomic E-state index is 13.2. The molecule has 12 heteroatoms. The first kappa shape index (κ1) is 19.5. The Hall–Kier alpha value is -3.80. The second-order valence-electron chi connectivity index (χ2n) is 6.13. The first-order chi connectivity index (χ1) is 14.5. The largest absolute Gasteiger partial charge is 0.339 e. The molecule has 1 aromatic carbocycles. The third-order valence-electron chi connectivity index (χ3n) is 3.83. The van der Waals surface area contributed by atoms with Gasteiger partial charge >= 0.3 is 0 Å². The Morgan fingerprint density at radius 1 is 1.23 bits per heavy atom. The molecule has 3 heterocycles. The predicted molar refractivity (Wildman–Crippen MR) is 108 cm³/mol. The number of carbonyl (C=O) groups is 1. The summed E-state index contributed by atoms with van der Waals surface area (Å²) >= 11 is 1.23. The molecule has 0 spiro atoms. The van der Waals surface area contributed by atoms with Crippen LogP contribution in [0, 0.1) is 5.82 Å². The Morgan fingerprint density at radius 2 is 2.07 bits per heavy atom. The number of amides is 1. The lowest BCUT2D eigenvalue weighted by Gasteiger charge is -2.11. The van der Waals surface area contributed by atoms with Crippen LogP contribution in [0.15, 0.2) is 59.2 Å². The number of benzene rings is 1. The summed E-state index contributed by atoms with van der Waals surface area (Å²) in [5, 5.41) is 17.5. The summed E-state index contributed by atoms with van der Waals surface area (Å²) < 4.78 is 14.8. The fraction of sp³-hybridized carbons (Fsp3) is 0.111. The number of aromatic nitrogens is 7. The molecule has 0 aliphatic heterocycles. The number of nitrogens with one attached hydrogen (secondary N) is 3. The van der Waals surface area contributed by atoms with Gasteiger partial charge in [-0.15, -0.1) is 0 Å². The van der Waals surface area contributed by atoms with E-state index in [-0.39, 0.29) is 18.1 Å². The fourth-order valence-electron chi connectivity index (χ4n) is 2.52. The first-order valence-electron chi connectivity index (χ1n) is 8.76. The van der Waals surface area contributed by atoms with Gasteiger partial charge in [-0.1, -0.05) is 0 Å². The maximum atomic E-state index is 13.2. The van der Waals surface area contributed by atoms with Gasteiger partial charge in [-0.25, -0.2) is 19.3 Å². The number of aromatic amines is 1. The molecule has 0 atom stereocenters. The zero-order valence-electron chi connectivity index (χ0n) is 15.7. The molecule has 0 saturated heterocycles. The molecule has 1 amide bonds. The number of rotatable bonds is 7. The Morgan fingerprint density at radius 3 is 2.77 bits per heavy atom. The average Bonchev–Trinajstić information content (AvgIpc) is 3.37. The van der Waals surface area contributed by atoms with Crippen molar-refractivity contribution in [2.45, 2.75) is 16.6 Å². The van der Waals surface area contributed by atoms with Crippen molar-refractivity contribution in [2.24, 2.45) is 7.05 Å². The van der Waals surface area contributed by atoms with Gasteiger partial charge < -0.3 is 10.6 Å². The third kappa shape index (κ3) is 4.97. The molecule has 4 rings (SSSR count). The van der Waals surface area contributed by atoms with Crippen molar-refractivity contribution >= 4 is 35.0 Å². The number of nitrogens with zero attached hydrogens (tertiary/aromatic N) is 6. The van der Waals surface area contributed by atoms with Crippen molar-refractivity contribution in [3.8, 4) is 0 Å². The molecule has 0 bridgehead atoms. The minimum absolute atomic E-state index is 0.0437. The molecule has 30 heavy (non-hydrogen) atoms. The molecule has 0 fully saturated rings. The van der Waals surface area contributed by atoms with Crippen LogP contribution in [0.3, 0.4) is 0 Å². The van der Waals surface area contributed by atoms with Gasteiger partial charge in [0.1, 0.15) is 17.2 Å². The molecule has 0 saturated carbocycles. The van der Waals surface area contributed by atoms with Crippen LogP contribution >= 0.6 is 11.8 Å². The monoisotopic (exact) mass is 425 g/mol.